The van der Waals surface area contributed by atoms with Crippen molar-refractivity contribution in [2.75, 3.05) is 0 Å². The Labute approximate surface area is 123 Å². The summed E-state index contributed by atoms with van der Waals surface area (Å²) in [6, 6.07) is 1.82. The van der Waals surface area contributed by atoms with E-state index in [9.17, 15) is 4.79 Å². The van der Waals surface area contributed by atoms with Gasteiger partial charge in [0.25, 0.3) is 0 Å². The van der Waals surface area contributed by atoms with E-state index in [0.717, 1.165) is 10.4 Å². The monoisotopic (exact) mass is 301 g/mol. The number of aromatic nitrogens is 5. The zero-order valence-corrected chi connectivity index (χ0v) is 13.0. The molecule has 0 aliphatic rings. The molecule has 0 radical (unpaired) electrons. The van der Waals surface area contributed by atoms with Crippen molar-refractivity contribution in [2.45, 2.75) is 26.2 Å². The van der Waals surface area contributed by atoms with E-state index in [1.54, 1.807) is 12.4 Å². The maximum Gasteiger partial charge on any atom is 0.327 e. The third kappa shape index (κ3) is 4.50. The van der Waals surface area contributed by atoms with Gasteiger partial charge in [-0.25, -0.2) is 0 Å². The Bertz CT molecular complexity index is 724. The first-order valence-corrected chi connectivity index (χ1v) is 9.82. The lowest BCUT2D eigenvalue weighted by atomic mass is 10.2. The minimum absolute atomic E-state index is 0.324. The highest BCUT2D eigenvalue weighted by molar-refractivity contribution is 6.83. The molecule has 7 nitrogen and oxygen atoms in total. The molecule has 1 N–H and O–H groups in total. The quantitative estimate of drug-likeness (QED) is 0.672. The molecule has 0 aromatic carbocycles. The van der Waals surface area contributed by atoms with E-state index >= 15 is 0 Å². The maximum atomic E-state index is 10.6. The van der Waals surface area contributed by atoms with Gasteiger partial charge in [0.05, 0.1) is 0 Å². The average molecular weight is 301 g/mol. The normalized spacial score (nSPS) is 10.8. The zero-order chi connectivity index (χ0) is 15.5. The molecule has 0 saturated carbocycles. The Morgan fingerprint density at radius 1 is 1.38 bits per heavy atom. The van der Waals surface area contributed by atoms with Crippen molar-refractivity contribution in [3.05, 3.63) is 24.0 Å². The molecule has 2 heterocycles. The molecule has 0 saturated heterocycles. The van der Waals surface area contributed by atoms with Crippen molar-refractivity contribution >= 4 is 14.0 Å². The summed E-state index contributed by atoms with van der Waals surface area (Å²) in [7, 11) is -1.45. The van der Waals surface area contributed by atoms with Crippen LogP contribution in [-0.2, 0) is 11.3 Å². The van der Waals surface area contributed by atoms with Gasteiger partial charge in [0.1, 0.15) is 8.07 Å². The van der Waals surface area contributed by atoms with Crippen LogP contribution in [0.3, 0.4) is 0 Å². The second kappa shape index (κ2) is 5.84. The van der Waals surface area contributed by atoms with Crippen LogP contribution in [0, 0.1) is 11.5 Å². The number of tetrazole rings is 1. The lowest BCUT2D eigenvalue weighted by Crippen LogP contribution is -2.16. The van der Waals surface area contributed by atoms with Crippen molar-refractivity contribution in [3.8, 4) is 22.9 Å². The van der Waals surface area contributed by atoms with E-state index in [1.807, 2.05) is 6.07 Å². The third-order valence-corrected chi connectivity index (χ3v) is 3.18. The van der Waals surface area contributed by atoms with E-state index < -0.39 is 14.0 Å². The Kier molecular flexibility index (Phi) is 4.14. The summed E-state index contributed by atoms with van der Waals surface area (Å²) in [5, 5.41) is 20.2. The van der Waals surface area contributed by atoms with Gasteiger partial charge in [-0.1, -0.05) is 25.6 Å². The van der Waals surface area contributed by atoms with Crippen LogP contribution in [-0.4, -0.2) is 44.3 Å². The van der Waals surface area contributed by atoms with Crippen molar-refractivity contribution in [2.24, 2.45) is 0 Å². The van der Waals surface area contributed by atoms with Crippen molar-refractivity contribution in [1.29, 1.82) is 0 Å². The summed E-state index contributed by atoms with van der Waals surface area (Å²) in [5.41, 5.74) is 4.70. The topological polar surface area (TPSA) is 93.8 Å². The van der Waals surface area contributed by atoms with Gasteiger partial charge in [0, 0.05) is 23.5 Å². The largest absolute Gasteiger partial charge is 0.480 e. The molecule has 0 spiro atoms. The van der Waals surface area contributed by atoms with Crippen LogP contribution < -0.4 is 0 Å². The average Bonchev–Trinajstić information content (AvgIpc) is 2.83. The van der Waals surface area contributed by atoms with Crippen LogP contribution in [0.25, 0.3) is 11.4 Å². The van der Waals surface area contributed by atoms with E-state index in [4.69, 9.17) is 5.11 Å². The molecule has 0 atom stereocenters. The highest BCUT2D eigenvalue weighted by Gasteiger charge is 2.10. The predicted molar refractivity (Wildman–Crippen MR) is 78.9 cm³/mol. The molecule has 0 fully saturated rings. The first-order chi connectivity index (χ1) is 9.83. The van der Waals surface area contributed by atoms with E-state index in [0.29, 0.717) is 11.4 Å². The molecule has 2 aromatic rings. The van der Waals surface area contributed by atoms with Crippen molar-refractivity contribution in [1.82, 2.24) is 25.2 Å². The van der Waals surface area contributed by atoms with Gasteiger partial charge in [-0.15, -0.1) is 15.7 Å². The molecule has 108 valence electrons. The van der Waals surface area contributed by atoms with E-state index in [1.165, 1.54) is 0 Å². The summed E-state index contributed by atoms with van der Waals surface area (Å²) in [4.78, 5) is 15.7. The smallest absolute Gasteiger partial charge is 0.327 e. The minimum atomic E-state index is -1.45. The molecule has 2 aromatic heterocycles. The number of carboxylic acid groups (broad SMARTS) is 1. The molecule has 0 bridgehead atoms. The van der Waals surface area contributed by atoms with Crippen molar-refractivity contribution < 1.29 is 9.90 Å². The molecule has 0 amide bonds. The Balaban J connectivity index is 2.26. The number of carboxylic acids is 1. The van der Waals surface area contributed by atoms with Gasteiger partial charge < -0.3 is 5.11 Å². The molecule has 2 rings (SSSR count). The Morgan fingerprint density at radius 3 is 2.81 bits per heavy atom. The van der Waals surface area contributed by atoms with Gasteiger partial charge in [-0.3, -0.25) is 9.78 Å². The maximum absolute atomic E-state index is 10.6. The summed E-state index contributed by atoms with van der Waals surface area (Å²) in [6.45, 7) is 6.17. The number of nitrogens with zero attached hydrogens (tertiary/aromatic N) is 5. The number of rotatable bonds is 3. The fourth-order valence-electron chi connectivity index (χ4n) is 1.44. The fraction of sp³-hybridized carbons (Fsp3) is 0.308. The summed E-state index contributed by atoms with van der Waals surface area (Å²) in [5.74, 6) is 2.42. The van der Waals surface area contributed by atoms with Crippen molar-refractivity contribution in [3.63, 3.8) is 0 Å². The Hall–Kier alpha value is -2.53. The molecule has 0 aliphatic carbocycles. The molecule has 21 heavy (non-hydrogen) atoms. The van der Waals surface area contributed by atoms with Crippen LogP contribution in [0.15, 0.2) is 18.5 Å². The molecular formula is C13H15N5O2Si. The van der Waals surface area contributed by atoms with E-state index in [2.05, 4.69) is 51.5 Å². The van der Waals surface area contributed by atoms with Crippen LogP contribution >= 0.6 is 0 Å². The third-order valence-electron chi connectivity index (χ3n) is 2.31. The number of aliphatic carboxylic acids is 1. The van der Waals surface area contributed by atoms with Gasteiger partial charge in [0.15, 0.2) is 6.54 Å². The zero-order valence-electron chi connectivity index (χ0n) is 12.0. The van der Waals surface area contributed by atoms with Crippen LogP contribution in [0.2, 0.25) is 19.6 Å². The number of hydrogen-bond donors (Lipinski definition) is 1. The molecule has 8 heteroatoms. The first kappa shape index (κ1) is 14.9. The first-order valence-electron chi connectivity index (χ1n) is 6.32. The van der Waals surface area contributed by atoms with E-state index in [-0.39, 0.29) is 6.54 Å². The van der Waals surface area contributed by atoms with Gasteiger partial charge in [-0.2, -0.15) is 4.80 Å². The second-order valence-corrected chi connectivity index (χ2v) is 10.2. The highest BCUT2D eigenvalue weighted by atomic mass is 28.3. The van der Waals surface area contributed by atoms with Crippen LogP contribution in [0.1, 0.15) is 5.56 Å². The van der Waals surface area contributed by atoms with Gasteiger partial charge >= 0.3 is 5.97 Å². The van der Waals surface area contributed by atoms with Gasteiger partial charge in [0.2, 0.25) is 5.82 Å². The lowest BCUT2D eigenvalue weighted by molar-refractivity contribution is -0.138. The van der Waals surface area contributed by atoms with Crippen LogP contribution in [0.5, 0.6) is 0 Å². The standard InChI is InChI=1S/C13H15N5O2Si/c1-21(2,3)5-4-10-6-11(8-14-7-10)13-15-17-18(16-13)9-12(19)20/h6-8H,9H2,1-3H3,(H,19,20). The molecule has 0 aliphatic heterocycles. The Morgan fingerprint density at radius 2 is 2.14 bits per heavy atom. The second-order valence-electron chi connectivity index (χ2n) is 5.50. The summed E-state index contributed by atoms with van der Waals surface area (Å²) in [6.07, 6.45) is 3.28. The minimum Gasteiger partial charge on any atom is -0.480 e. The molecular weight excluding hydrogens is 286 g/mol. The summed E-state index contributed by atoms with van der Waals surface area (Å²) >= 11 is 0. The molecule has 0 unspecified atom stereocenters. The number of pyridine rings is 1. The summed E-state index contributed by atoms with van der Waals surface area (Å²) < 4.78 is 0. The predicted octanol–water partition coefficient (Wildman–Crippen LogP) is 1.05. The number of hydrogen-bond acceptors (Lipinski definition) is 5. The van der Waals surface area contributed by atoms with Crippen LogP contribution in [0.4, 0.5) is 0 Å². The van der Waals surface area contributed by atoms with Gasteiger partial charge in [-0.05, 0) is 11.3 Å². The fourth-order valence-corrected chi connectivity index (χ4v) is 1.96. The number of carbonyl (C=O) groups is 1. The lowest BCUT2D eigenvalue weighted by Gasteiger charge is -2.03. The SMILES string of the molecule is C[Si](C)(C)C#Cc1cncc(-c2nnn(CC(=O)O)n2)c1. The highest BCUT2D eigenvalue weighted by Crippen LogP contribution is 2.13.